The number of rotatable bonds is 9. The first-order chi connectivity index (χ1) is 15.9. The first-order valence-corrected chi connectivity index (χ1v) is 11.3. The molecule has 0 aliphatic carbocycles. The number of nitrogens with zero attached hydrogens (tertiary/aromatic N) is 1. The largest absolute Gasteiger partial charge is 0.497 e. The summed E-state index contributed by atoms with van der Waals surface area (Å²) in [5, 5.41) is 3.07. The number of carbonyl (C=O) groups excluding carboxylic acids is 2. The van der Waals surface area contributed by atoms with Gasteiger partial charge in [-0.05, 0) is 48.7 Å². The third-order valence-corrected chi connectivity index (χ3v) is 6.12. The molecular weight excluding hydrogens is 420 g/mol. The van der Waals surface area contributed by atoms with Crippen molar-refractivity contribution in [1.82, 2.24) is 10.2 Å². The Hall–Kier alpha value is -3.22. The minimum absolute atomic E-state index is 0.0496. The van der Waals surface area contributed by atoms with Crippen molar-refractivity contribution in [1.29, 1.82) is 0 Å². The van der Waals surface area contributed by atoms with Crippen molar-refractivity contribution < 1.29 is 23.8 Å². The molecular formula is C26H34N2O5. The van der Waals surface area contributed by atoms with Crippen LogP contribution >= 0.6 is 0 Å². The van der Waals surface area contributed by atoms with Gasteiger partial charge in [-0.15, -0.1) is 0 Å². The molecule has 2 amide bonds. The van der Waals surface area contributed by atoms with Gasteiger partial charge in [-0.3, -0.25) is 9.59 Å². The first-order valence-electron chi connectivity index (χ1n) is 11.3. The zero-order chi connectivity index (χ0) is 24.0. The summed E-state index contributed by atoms with van der Waals surface area (Å²) in [6.07, 6.45) is 0.901. The van der Waals surface area contributed by atoms with Gasteiger partial charge in [0, 0.05) is 36.7 Å². The van der Waals surface area contributed by atoms with Crippen LogP contribution < -0.4 is 19.5 Å². The molecule has 2 aromatic carbocycles. The molecule has 2 aromatic rings. The smallest absolute Gasteiger partial charge is 0.254 e. The van der Waals surface area contributed by atoms with E-state index in [0.29, 0.717) is 48.4 Å². The van der Waals surface area contributed by atoms with Crippen molar-refractivity contribution >= 4 is 11.8 Å². The van der Waals surface area contributed by atoms with Crippen LogP contribution in [0.3, 0.4) is 0 Å². The standard InChI is InChI=1S/C26H34N2O5/c1-17(2)11-12-27-25(29)23-16-28(26(30)18-7-6-8-19(13-18)31-3)15-22(23)21-14-20(32-4)9-10-24(21)33-5/h6-10,13-14,17,22-23H,11-12,15-16H2,1-5H3,(H,27,29). The van der Waals surface area contributed by atoms with E-state index in [1.165, 1.54) is 0 Å². The molecule has 1 aliphatic heterocycles. The van der Waals surface area contributed by atoms with E-state index in [1.54, 1.807) is 50.5 Å². The Morgan fingerprint density at radius 3 is 2.39 bits per heavy atom. The molecule has 0 aromatic heterocycles. The van der Waals surface area contributed by atoms with E-state index in [-0.39, 0.29) is 17.7 Å². The lowest BCUT2D eigenvalue weighted by Crippen LogP contribution is -2.36. The van der Waals surface area contributed by atoms with Crippen LogP contribution in [0.2, 0.25) is 0 Å². The molecule has 1 N–H and O–H groups in total. The summed E-state index contributed by atoms with van der Waals surface area (Å²) in [4.78, 5) is 28.3. The molecule has 33 heavy (non-hydrogen) atoms. The molecule has 1 heterocycles. The normalized spacial score (nSPS) is 17.7. The second kappa shape index (κ2) is 11.1. The summed E-state index contributed by atoms with van der Waals surface area (Å²) in [5.74, 6) is 1.68. The molecule has 7 nitrogen and oxygen atoms in total. The highest BCUT2D eigenvalue weighted by Gasteiger charge is 2.42. The van der Waals surface area contributed by atoms with Crippen LogP contribution in [0, 0.1) is 11.8 Å². The predicted octanol–water partition coefficient (Wildman–Crippen LogP) is 3.73. The maximum Gasteiger partial charge on any atom is 0.254 e. The lowest BCUT2D eigenvalue weighted by Gasteiger charge is -2.21. The molecule has 2 unspecified atom stereocenters. The fourth-order valence-electron chi connectivity index (χ4n) is 4.23. The number of amides is 2. The molecule has 7 heteroatoms. The monoisotopic (exact) mass is 454 g/mol. The Kier molecular flexibility index (Phi) is 8.20. The van der Waals surface area contributed by atoms with E-state index in [4.69, 9.17) is 14.2 Å². The van der Waals surface area contributed by atoms with Crippen LogP contribution in [-0.2, 0) is 4.79 Å². The number of methoxy groups -OCH3 is 3. The van der Waals surface area contributed by atoms with Crippen LogP contribution in [0.1, 0.15) is 42.1 Å². The van der Waals surface area contributed by atoms with Gasteiger partial charge < -0.3 is 24.4 Å². The SMILES string of the molecule is COc1cccc(C(=O)N2CC(C(=O)NCCC(C)C)C(c3cc(OC)ccc3OC)C2)c1. The maximum atomic E-state index is 13.3. The fraction of sp³-hybridized carbons (Fsp3) is 0.462. The number of nitrogens with one attached hydrogen (secondary N) is 1. The molecule has 0 radical (unpaired) electrons. The second-order valence-electron chi connectivity index (χ2n) is 8.74. The van der Waals surface area contributed by atoms with Crippen LogP contribution in [0.5, 0.6) is 17.2 Å². The van der Waals surface area contributed by atoms with Crippen LogP contribution in [0.25, 0.3) is 0 Å². The summed E-state index contributed by atoms with van der Waals surface area (Å²) in [6.45, 7) is 5.59. The molecule has 1 saturated heterocycles. The summed E-state index contributed by atoms with van der Waals surface area (Å²) >= 11 is 0. The fourth-order valence-corrected chi connectivity index (χ4v) is 4.23. The van der Waals surface area contributed by atoms with Crippen molar-refractivity contribution in [2.75, 3.05) is 41.0 Å². The zero-order valence-electron chi connectivity index (χ0n) is 20.1. The Morgan fingerprint density at radius 1 is 1.00 bits per heavy atom. The predicted molar refractivity (Wildman–Crippen MR) is 127 cm³/mol. The van der Waals surface area contributed by atoms with Crippen molar-refractivity contribution in [3.05, 3.63) is 53.6 Å². The van der Waals surface area contributed by atoms with Gasteiger partial charge in [-0.25, -0.2) is 0 Å². The Morgan fingerprint density at radius 2 is 1.73 bits per heavy atom. The van der Waals surface area contributed by atoms with E-state index in [9.17, 15) is 9.59 Å². The summed E-state index contributed by atoms with van der Waals surface area (Å²) in [5.41, 5.74) is 1.40. The molecule has 1 fully saturated rings. The van der Waals surface area contributed by atoms with Gasteiger partial charge >= 0.3 is 0 Å². The number of hydrogen-bond donors (Lipinski definition) is 1. The van der Waals surface area contributed by atoms with Crippen LogP contribution in [-0.4, -0.2) is 57.7 Å². The third-order valence-electron chi connectivity index (χ3n) is 6.12. The molecule has 2 atom stereocenters. The molecule has 0 saturated carbocycles. The quantitative estimate of drug-likeness (QED) is 0.625. The number of likely N-dealkylation sites (tertiary alicyclic amines) is 1. The van der Waals surface area contributed by atoms with E-state index in [0.717, 1.165) is 12.0 Å². The van der Waals surface area contributed by atoms with Gasteiger partial charge in [0.2, 0.25) is 5.91 Å². The Balaban J connectivity index is 1.91. The lowest BCUT2D eigenvalue weighted by atomic mass is 9.87. The number of benzene rings is 2. The minimum Gasteiger partial charge on any atom is -0.497 e. The summed E-state index contributed by atoms with van der Waals surface area (Å²) in [6, 6.07) is 12.7. The van der Waals surface area contributed by atoms with Gasteiger partial charge in [0.15, 0.2) is 0 Å². The average molecular weight is 455 g/mol. The van der Waals surface area contributed by atoms with E-state index < -0.39 is 5.92 Å². The molecule has 178 valence electrons. The van der Waals surface area contributed by atoms with E-state index >= 15 is 0 Å². The average Bonchev–Trinajstić information content (AvgIpc) is 3.28. The van der Waals surface area contributed by atoms with Crippen molar-refractivity contribution in [2.24, 2.45) is 11.8 Å². The highest BCUT2D eigenvalue weighted by Crippen LogP contribution is 2.40. The highest BCUT2D eigenvalue weighted by atomic mass is 16.5. The van der Waals surface area contributed by atoms with Crippen molar-refractivity contribution in [3.8, 4) is 17.2 Å². The summed E-state index contributed by atoms with van der Waals surface area (Å²) in [7, 11) is 4.79. The van der Waals surface area contributed by atoms with Gasteiger partial charge in [-0.1, -0.05) is 19.9 Å². The lowest BCUT2D eigenvalue weighted by molar-refractivity contribution is -0.124. The molecule has 3 rings (SSSR count). The molecule has 1 aliphatic rings. The maximum absolute atomic E-state index is 13.3. The third kappa shape index (κ3) is 5.78. The van der Waals surface area contributed by atoms with Gasteiger partial charge in [-0.2, -0.15) is 0 Å². The van der Waals surface area contributed by atoms with Gasteiger partial charge in [0.1, 0.15) is 17.2 Å². The van der Waals surface area contributed by atoms with Crippen molar-refractivity contribution in [3.63, 3.8) is 0 Å². The van der Waals surface area contributed by atoms with Gasteiger partial charge in [0.05, 0.1) is 27.2 Å². The van der Waals surface area contributed by atoms with Crippen LogP contribution in [0.4, 0.5) is 0 Å². The number of carbonyl (C=O) groups is 2. The van der Waals surface area contributed by atoms with E-state index in [1.807, 2.05) is 18.2 Å². The first kappa shape index (κ1) is 24.4. The van der Waals surface area contributed by atoms with Crippen molar-refractivity contribution in [2.45, 2.75) is 26.2 Å². The Bertz CT molecular complexity index is 975. The highest BCUT2D eigenvalue weighted by molar-refractivity contribution is 5.95. The number of hydrogen-bond acceptors (Lipinski definition) is 5. The Labute approximate surface area is 196 Å². The molecule has 0 spiro atoms. The minimum atomic E-state index is -0.396. The molecule has 0 bridgehead atoms. The zero-order valence-corrected chi connectivity index (χ0v) is 20.1. The van der Waals surface area contributed by atoms with E-state index in [2.05, 4.69) is 19.2 Å². The topological polar surface area (TPSA) is 77.1 Å². The van der Waals surface area contributed by atoms with Gasteiger partial charge in [0.25, 0.3) is 5.91 Å². The van der Waals surface area contributed by atoms with Crippen LogP contribution in [0.15, 0.2) is 42.5 Å². The second-order valence-corrected chi connectivity index (χ2v) is 8.74. The summed E-state index contributed by atoms with van der Waals surface area (Å²) < 4.78 is 16.3. The number of ether oxygens (including phenoxy) is 3.